The SMILES string of the molecule is CNC(=O)COc1ccccc1CN(CC(C)O)C(C)C. The number of ether oxygens (including phenoxy) is 1. The van der Waals surface area contributed by atoms with Crippen molar-refractivity contribution in [3.63, 3.8) is 0 Å². The molecule has 0 saturated carbocycles. The lowest BCUT2D eigenvalue weighted by molar-refractivity contribution is -0.122. The molecular formula is C16H26N2O3. The largest absolute Gasteiger partial charge is 0.483 e. The van der Waals surface area contributed by atoms with E-state index in [0.717, 1.165) is 5.56 Å². The summed E-state index contributed by atoms with van der Waals surface area (Å²) in [5.74, 6) is 0.548. The summed E-state index contributed by atoms with van der Waals surface area (Å²) in [7, 11) is 1.58. The van der Waals surface area contributed by atoms with E-state index >= 15 is 0 Å². The maximum atomic E-state index is 11.3. The van der Waals surface area contributed by atoms with Crippen molar-refractivity contribution in [2.45, 2.75) is 39.5 Å². The molecule has 1 amide bonds. The molecule has 0 spiro atoms. The third-order valence-electron chi connectivity index (χ3n) is 3.21. The Morgan fingerprint density at radius 2 is 2.00 bits per heavy atom. The van der Waals surface area contributed by atoms with Gasteiger partial charge in [0.2, 0.25) is 0 Å². The van der Waals surface area contributed by atoms with Gasteiger partial charge in [0, 0.05) is 31.7 Å². The van der Waals surface area contributed by atoms with Gasteiger partial charge in [-0.25, -0.2) is 0 Å². The number of para-hydroxylation sites is 1. The molecule has 21 heavy (non-hydrogen) atoms. The molecule has 1 unspecified atom stereocenters. The topological polar surface area (TPSA) is 61.8 Å². The predicted octanol–water partition coefficient (Wildman–Crippen LogP) is 1.40. The van der Waals surface area contributed by atoms with E-state index in [1.54, 1.807) is 14.0 Å². The van der Waals surface area contributed by atoms with Gasteiger partial charge in [0.25, 0.3) is 5.91 Å². The van der Waals surface area contributed by atoms with Crippen LogP contribution in [0.1, 0.15) is 26.3 Å². The number of carbonyl (C=O) groups is 1. The summed E-state index contributed by atoms with van der Waals surface area (Å²) in [6, 6.07) is 7.99. The van der Waals surface area contributed by atoms with Crippen molar-refractivity contribution in [1.29, 1.82) is 0 Å². The number of benzene rings is 1. The highest BCUT2D eigenvalue weighted by molar-refractivity contribution is 5.77. The van der Waals surface area contributed by atoms with Crippen molar-refractivity contribution >= 4 is 5.91 Å². The first-order valence-corrected chi connectivity index (χ1v) is 7.27. The molecule has 0 aliphatic rings. The number of hydrogen-bond donors (Lipinski definition) is 2. The number of amides is 1. The Morgan fingerprint density at radius 3 is 2.57 bits per heavy atom. The van der Waals surface area contributed by atoms with Crippen LogP contribution >= 0.6 is 0 Å². The Kier molecular flexibility index (Phi) is 7.19. The fraction of sp³-hybridized carbons (Fsp3) is 0.562. The molecule has 0 aromatic heterocycles. The molecule has 1 aromatic carbocycles. The molecule has 0 bridgehead atoms. The van der Waals surface area contributed by atoms with Gasteiger partial charge in [-0.2, -0.15) is 0 Å². The van der Waals surface area contributed by atoms with E-state index < -0.39 is 0 Å². The third-order valence-corrected chi connectivity index (χ3v) is 3.21. The lowest BCUT2D eigenvalue weighted by atomic mass is 10.1. The maximum absolute atomic E-state index is 11.3. The summed E-state index contributed by atoms with van der Waals surface area (Å²) in [5, 5.41) is 12.1. The van der Waals surface area contributed by atoms with E-state index in [2.05, 4.69) is 24.1 Å². The number of nitrogens with one attached hydrogen (secondary N) is 1. The van der Waals surface area contributed by atoms with Gasteiger partial charge in [0.05, 0.1) is 6.10 Å². The van der Waals surface area contributed by atoms with E-state index in [9.17, 15) is 9.90 Å². The summed E-state index contributed by atoms with van der Waals surface area (Å²) in [5.41, 5.74) is 1.01. The first-order chi connectivity index (χ1) is 9.93. The van der Waals surface area contributed by atoms with Crippen LogP contribution in [0, 0.1) is 0 Å². The molecule has 2 N–H and O–H groups in total. The highest BCUT2D eigenvalue weighted by Gasteiger charge is 2.15. The molecule has 0 saturated heterocycles. The quantitative estimate of drug-likeness (QED) is 0.761. The van der Waals surface area contributed by atoms with Gasteiger partial charge < -0.3 is 15.2 Å². The molecule has 1 atom stereocenters. The van der Waals surface area contributed by atoms with Crippen LogP contribution in [0.4, 0.5) is 0 Å². The van der Waals surface area contributed by atoms with Crippen molar-refractivity contribution in [1.82, 2.24) is 10.2 Å². The fourth-order valence-corrected chi connectivity index (χ4v) is 2.01. The van der Waals surface area contributed by atoms with Crippen molar-refractivity contribution in [2.75, 3.05) is 20.2 Å². The van der Waals surface area contributed by atoms with E-state index in [1.807, 2.05) is 24.3 Å². The second-order valence-corrected chi connectivity index (χ2v) is 5.44. The number of rotatable bonds is 8. The van der Waals surface area contributed by atoms with Crippen molar-refractivity contribution in [2.24, 2.45) is 0 Å². The van der Waals surface area contributed by atoms with Crippen LogP contribution in [0.25, 0.3) is 0 Å². The van der Waals surface area contributed by atoms with Crippen LogP contribution < -0.4 is 10.1 Å². The average Bonchev–Trinajstić information content (AvgIpc) is 2.44. The van der Waals surface area contributed by atoms with Gasteiger partial charge in [-0.1, -0.05) is 18.2 Å². The normalized spacial score (nSPS) is 12.5. The molecule has 1 rings (SSSR count). The minimum absolute atomic E-state index is 0.00555. The number of aliphatic hydroxyl groups excluding tert-OH is 1. The zero-order valence-corrected chi connectivity index (χ0v) is 13.3. The van der Waals surface area contributed by atoms with Crippen molar-refractivity contribution in [3.05, 3.63) is 29.8 Å². The van der Waals surface area contributed by atoms with Gasteiger partial charge in [0.1, 0.15) is 5.75 Å². The van der Waals surface area contributed by atoms with Crippen LogP contribution in [-0.2, 0) is 11.3 Å². The number of hydrogen-bond acceptors (Lipinski definition) is 4. The number of nitrogens with zero attached hydrogens (tertiary/aromatic N) is 1. The number of carbonyl (C=O) groups excluding carboxylic acids is 1. The molecule has 1 aromatic rings. The second kappa shape index (κ2) is 8.64. The van der Waals surface area contributed by atoms with Gasteiger partial charge in [-0.15, -0.1) is 0 Å². The standard InChI is InChI=1S/C16H26N2O3/c1-12(2)18(9-13(3)19)10-14-7-5-6-8-15(14)21-11-16(20)17-4/h5-8,12-13,19H,9-11H2,1-4H3,(H,17,20). The van der Waals surface area contributed by atoms with Crippen LogP contribution in [0.3, 0.4) is 0 Å². The van der Waals surface area contributed by atoms with Gasteiger partial charge >= 0.3 is 0 Å². The molecule has 118 valence electrons. The third kappa shape index (κ3) is 6.14. The number of aliphatic hydroxyl groups is 1. The molecular weight excluding hydrogens is 268 g/mol. The van der Waals surface area contributed by atoms with E-state index in [0.29, 0.717) is 24.9 Å². The van der Waals surface area contributed by atoms with Gasteiger partial charge in [-0.3, -0.25) is 9.69 Å². The minimum atomic E-state index is -0.383. The Bertz CT molecular complexity index is 447. The maximum Gasteiger partial charge on any atom is 0.257 e. The van der Waals surface area contributed by atoms with Crippen LogP contribution in [0.15, 0.2) is 24.3 Å². The lowest BCUT2D eigenvalue weighted by Gasteiger charge is -2.28. The summed E-state index contributed by atoms with van der Waals surface area (Å²) >= 11 is 0. The molecule has 5 nitrogen and oxygen atoms in total. The van der Waals surface area contributed by atoms with E-state index in [1.165, 1.54) is 0 Å². The lowest BCUT2D eigenvalue weighted by Crippen LogP contribution is -2.36. The van der Waals surface area contributed by atoms with Crippen molar-refractivity contribution in [3.8, 4) is 5.75 Å². The smallest absolute Gasteiger partial charge is 0.257 e. The highest BCUT2D eigenvalue weighted by atomic mass is 16.5. The summed E-state index contributed by atoms with van der Waals surface area (Å²) in [4.78, 5) is 13.5. The number of likely N-dealkylation sites (N-methyl/N-ethyl adjacent to an activating group) is 1. The highest BCUT2D eigenvalue weighted by Crippen LogP contribution is 2.21. The van der Waals surface area contributed by atoms with Crippen LogP contribution in [0.5, 0.6) is 5.75 Å². The zero-order valence-electron chi connectivity index (χ0n) is 13.3. The summed E-state index contributed by atoms with van der Waals surface area (Å²) in [6.07, 6.45) is -0.383. The summed E-state index contributed by atoms with van der Waals surface area (Å²) < 4.78 is 5.57. The van der Waals surface area contributed by atoms with Crippen LogP contribution in [-0.4, -0.2) is 48.3 Å². The Morgan fingerprint density at radius 1 is 1.33 bits per heavy atom. The van der Waals surface area contributed by atoms with Gasteiger partial charge in [0.15, 0.2) is 6.61 Å². The van der Waals surface area contributed by atoms with E-state index in [-0.39, 0.29) is 18.6 Å². The first kappa shape index (κ1) is 17.5. The minimum Gasteiger partial charge on any atom is -0.483 e. The Hall–Kier alpha value is -1.59. The fourth-order valence-electron chi connectivity index (χ4n) is 2.01. The molecule has 0 fully saturated rings. The Labute approximate surface area is 126 Å². The van der Waals surface area contributed by atoms with Crippen molar-refractivity contribution < 1.29 is 14.6 Å². The monoisotopic (exact) mass is 294 g/mol. The molecule has 0 radical (unpaired) electrons. The Balaban J connectivity index is 2.78. The molecule has 5 heteroatoms. The average molecular weight is 294 g/mol. The van der Waals surface area contributed by atoms with Gasteiger partial charge in [-0.05, 0) is 26.8 Å². The van der Waals surface area contributed by atoms with Crippen LogP contribution in [0.2, 0.25) is 0 Å². The molecule has 0 aliphatic heterocycles. The molecule has 0 heterocycles. The summed E-state index contributed by atoms with van der Waals surface area (Å²) in [6.45, 7) is 7.25. The zero-order chi connectivity index (χ0) is 15.8. The predicted molar refractivity (Wildman–Crippen MR) is 83.2 cm³/mol. The second-order valence-electron chi connectivity index (χ2n) is 5.44. The van der Waals surface area contributed by atoms with E-state index in [4.69, 9.17) is 4.74 Å². The molecule has 0 aliphatic carbocycles. The first-order valence-electron chi connectivity index (χ1n) is 7.27.